The number of anilines is 2. The number of nitrogens with zero attached hydrogens (tertiary/aromatic N) is 4. The minimum absolute atomic E-state index is 0.0869. The fourth-order valence-corrected chi connectivity index (χ4v) is 5.92. The van der Waals surface area contributed by atoms with Crippen molar-refractivity contribution in [1.82, 2.24) is 14.5 Å². The van der Waals surface area contributed by atoms with Crippen molar-refractivity contribution < 1.29 is 13.2 Å². The van der Waals surface area contributed by atoms with E-state index in [1.54, 1.807) is 34.6 Å². The molecule has 0 unspecified atom stereocenters. The van der Waals surface area contributed by atoms with Gasteiger partial charge in [-0.25, -0.2) is 8.42 Å². The molecule has 2 aliphatic heterocycles. The summed E-state index contributed by atoms with van der Waals surface area (Å²) in [7, 11) is -3.56. The molecule has 3 heterocycles. The zero-order valence-electron chi connectivity index (χ0n) is 17.9. The van der Waals surface area contributed by atoms with Gasteiger partial charge in [0, 0.05) is 37.8 Å². The third kappa shape index (κ3) is 5.39. The number of hydrogen-bond donors (Lipinski definition) is 1. The SMILES string of the molecule is O=C(Nc1cccc(S(=O)(=O)N2CCCCCC2)c1)C1CCN(c2ccc(Cl)nn2)CC1. The normalized spacial score (nSPS) is 18.8. The van der Waals surface area contributed by atoms with E-state index in [-0.39, 0.29) is 16.7 Å². The predicted molar refractivity (Wildman–Crippen MR) is 124 cm³/mol. The molecular weight excluding hydrogens is 450 g/mol. The average Bonchev–Trinajstić information content (AvgIpc) is 3.10. The van der Waals surface area contributed by atoms with Crippen molar-refractivity contribution in [1.29, 1.82) is 0 Å². The largest absolute Gasteiger partial charge is 0.355 e. The van der Waals surface area contributed by atoms with Crippen LogP contribution in [0.3, 0.4) is 0 Å². The van der Waals surface area contributed by atoms with Gasteiger partial charge in [-0.15, -0.1) is 10.2 Å². The highest BCUT2D eigenvalue weighted by molar-refractivity contribution is 7.89. The van der Waals surface area contributed by atoms with E-state index in [0.29, 0.717) is 49.9 Å². The van der Waals surface area contributed by atoms with Gasteiger partial charge in [-0.1, -0.05) is 30.5 Å². The molecule has 2 aromatic rings. The van der Waals surface area contributed by atoms with Crippen LogP contribution in [-0.4, -0.2) is 55.0 Å². The van der Waals surface area contributed by atoms with Crippen molar-refractivity contribution in [2.75, 3.05) is 36.4 Å². The third-order valence-corrected chi connectivity index (χ3v) is 8.21. The van der Waals surface area contributed by atoms with Crippen molar-refractivity contribution in [3.05, 3.63) is 41.6 Å². The molecular formula is C22H28ClN5O3S. The summed E-state index contributed by atoms with van der Waals surface area (Å²) in [5.41, 5.74) is 0.511. The number of sulfonamides is 1. The van der Waals surface area contributed by atoms with Gasteiger partial charge >= 0.3 is 0 Å². The molecule has 1 aromatic carbocycles. The first-order chi connectivity index (χ1) is 15.4. The van der Waals surface area contributed by atoms with E-state index in [2.05, 4.69) is 20.4 Å². The predicted octanol–water partition coefficient (Wildman–Crippen LogP) is 3.55. The molecule has 0 radical (unpaired) electrons. The van der Waals surface area contributed by atoms with Crippen molar-refractivity contribution in [2.24, 2.45) is 5.92 Å². The number of piperidine rings is 1. The van der Waals surface area contributed by atoms with Gasteiger partial charge in [0.1, 0.15) is 0 Å². The third-order valence-electron chi connectivity index (χ3n) is 6.11. The Balaban J connectivity index is 1.37. The maximum Gasteiger partial charge on any atom is 0.243 e. The zero-order chi connectivity index (χ0) is 22.6. The van der Waals surface area contributed by atoms with Gasteiger partial charge in [-0.2, -0.15) is 4.31 Å². The topological polar surface area (TPSA) is 95.5 Å². The number of hydrogen-bond acceptors (Lipinski definition) is 6. The van der Waals surface area contributed by atoms with Crippen molar-refractivity contribution >= 4 is 39.0 Å². The molecule has 2 aliphatic rings. The van der Waals surface area contributed by atoms with Crippen LogP contribution in [0.1, 0.15) is 38.5 Å². The van der Waals surface area contributed by atoms with E-state index in [4.69, 9.17) is 11.6 Å². The summed E-state index contributed by atoms with van der Waals surface area (Å²) in [5.74, 6) is 0.521. The number of halogens is 1. The number of aromatic nitrogens is 2. The molecule has 0 spiro atoms. The summed E-state index contributed by atoms with van der Waals surface area (Å²) < 4.78 is 27.7. The highest BCUT2D eigenvalue weighted by Gasteiger charge is 2.28. The molecule has 0 atom stereocenters. The van der Waals surface area contributed by atoms with E-state index >= 15 is 0 Å². The summed E-state index contributed by atoms with van der Waals surface area (Å²) >= 11 is 5.80. The van der Waals surface area contributed by atoms with Gasteiger partial charge in [0.05, 0.1) is 4.90 Å². The number of carbonyl (C=O) groups is 1. The maximum absolute atomic E-state index is 13.1. The van der Waals surface area contributed by atoms with Gasteiger partial charge in [0.25, 0.3) is 0 Å². The average molecular weight is 478 g/mol. The van der Waals surface area contributed by atoms with Crippen LogP contribution in [-0.2, 0) is 14.8 Å². The van der Waals surface area contributed by atoms with Gasteiger partial charge in [0.15, 0.2) is 11.0 Å². The summed E-state index contributed by atoms with van der Waals surface area (Å²) in [6.45, 7) is 2.49. The fraction of sp³-hybridized carbons (Fsp3) is 0.500. The van der Waals surface area contributed by atoms with E-state index in [0.717, 1.165) is 31.5 Å². The maximum atomic E-state index is 13.1. The van der Waals surface area contributed by atoms with Crippen LogP contribution in [0.5, 0.6) is 0 Å². The van der Waals surface area contributed by atoms with Crippen LogP contribution in [0, 0.1) is 5.92 Å². The first kappa shape index (κ1) is 22.9. The quantitative estimate of drug-likeness (QED) is 0.707. The number of benzene rings is 1. The number of amides is 1. The summed E-state index contributed by atoms with van der Waals surface area (Å²) in [6.07, 6.45) is 5.26. The Morgan fingerprint density at radius 2 is 1.69 bits per heavy atom. The van der Waals surface area contributed by atoms with Crippen LogP contribution in [0.4, 0.5) is 11.5 Å². The Hall–Kier alpha value is -2.23. The number of carbonyl (C=O) groups excluding carboxylic acids is 1. The van der Waals surface area contributed by atoms with E-state index in [1.807, 2.05) is 6.07 Å². The second kappa shape index (κ2) is 10.1. The molecule has 1 aromatic heterocycles. The van der Waals surface area contributed by atoms with Gasteiger partial charge in [-0.05, 0) is 56.0 Å². The molecule has 32 heavy (non-hydrogen) atoms. The molecule has 2 saturated heterocycles. The Bertz CT molecular complexity index is 1030. The van der Waals surface area contributed by atoms with E-state index in [1.165, 1.54) is 0 Å². The van der Waals surface area contributed by atoms with Crippen molar-refractivity contribution in [2.45, 2.75) is 43.4 Å². The van der Waals surface area contributed by atoms with Crippen molar-refractivity contribution in [3.63, 3.8) is 0 Å². The highest BCUT2D eigenvalue weighted by atomic mass is 35.5. The van der Waals surface area contributed by atoms with Crippen LogP contribution < -0.4 is 10.2 Å². The van der Waals surface area contributed by atoms with E-state index in [9.17, 15) is 13.2 Å². The lowest BCUT2D eigenvalue weighted by Crippen LogP contribution is -2.38. The van der Waals surface area contributed by atoms with Gasteiger partial charge < -0.3 is 10.2 Å². The van der Waals surface area contributed by atoms with Crippen LogP contribution in [0.15, 0.2) is 41.3 Å². The monoisotopic (exact) mass is 477 g/mol. The fourth-order valence-electron chi connectivity index (χ4n) is 4.26. The van der Waals surface area contributed by atoms with Crippen LogP contribution >= 0.6 is 11.6 Å². The Morgan fingerprint density at radius 1 is 0.969 bits per heavy atom. The van der Waals surface area contributed by atoms with Crippen molar-refractivity contribution in [3.8, 4) is 0 Å². The summed E-state index contributed by atoms with van der Waals surface area (Å²) in [5, 5.41) is 11.2. The molecule has 10 heteroatoms. The summed E-state index contributed by atoms with van der Waals surface area (Å²) in [6, 6.07) is 10.1. The Kier molecular flexibility index (Phi) is 7.27. The molecule has 1 amide bonds. The second-order valence-corrected chi connectivity index (χ2v) is 10.6. The highest BCUT2D eigenvalue weighted by Crippen LogP contribution is 2.25. The molecule has 172 valence electrons. The Labute approximate surface area is 194 Å². The van der Waals surface area contributed by atoms with E-state index < -0.39 is 10.0 Å². The number of nitrogens with one attached hydrogen (secondary N) is 1. The molecule has 0 bridgehead atoms. The molecule has 0 aliphatic carbocycles. The van der Waals surface area contributed by atoms with Gasteiger partial charge in [0.2, 0.25) is 15.9 Å². The lowest BCUT2D eigenvalue weighted by molar-refractivity contribution is -0.120. The molecule has 0 saturated carbocycles. The lowest BCUT2D eigenvalue weighted by Gasteiger charge is -2.31. The smallest absolute Gasteiger partial charge is 0.243 e. The van der Waals surface area contributed by atoms with Gasteiger partial charge in [-0.3, -0.25) is 4.79 Å². The Morgan fingerprint density at radius 3 is 2.34 bits per heavy atom. The number of rotatable bonds is 5. The zero-order valence-corrected chi connectivity index (χ0v) is 19.5. The van der Waals surface area contributed by atoms with Crippen LogP contribution in [0.2, 0.25) is 5.15 Å². The lowest BCUT2D eigenvalue weighted by atomic mass is 9.96. The second-order valence-electron chi connectivity index (χ2n) is 8.31. The molecule has 4 rings (SSSR count). The minimum Gasteiger partial charge on any atom is -0.355 e. The standard InChI is InChI=1S/C22H28ClN5O3S/c23-20-8-9-21(26-25-20)27-14-10-17(11-15-27)22(29)24-18-6-5-7-19(16-18)32(30,31)28-12-3-1-2-4-13-28/h5-9,16-17H,1-4,10-15H2,(H,24,29). The first-order valence-electron chi connectivity index (χ1n) is 11.1. The molecule has 1 N–H and O–H groups in total. The molecule has 2 fully saturated rings. The minimum atomic E-state index is -3.56. The summed E-state index contributed by atoms with van der Waals surface area (Å²) in [4.78, 5) is 15.1. The molecule has 8 nitrogen and oxygen atoms in total. The first-order valence-corrected chi connectivity index (χ1v) is 12.9. The van der Waals surface area contributed by atoms with Crippen LogP contribution in [0.25, 0.3) is 0 Å².